The zero-order chi connectivity index (χ0) is 7.56. The van der Waals surface area contributed by atoms with Crippen LogP contribution in [0, 0.1) is 0 Å². The predicted molar refractivity (Wildman–Crippen MR) is 41.3 cm³/mol. The summed E-state index contributed by atoms with van der Waals surface area (Å²) in [5.74, 6) is 0. The van der Waals surface area contributed by atoms with Gasteiger partial charge in [-0.1, -0.05) is 11.6 Å². The molecule has 0 spiro atoms. The van der Waals surface area contributed by atoms with Crippen molar-refractivity contribution in [1.29, 1.82) is 0 Å². The first-order valence-corrected chi connectivity index (χ1v) is 3.11. The SMILES string of the molecule is Nc1cc(Cl)cc(C=O)c1. The van der Waals surface area contributed by atoms with Gasteiger partial charge in [-0.3, -0.25) is 4.79 Å². The molecule has 0 fully saturated rings. The lowest BCUT2D eigenvalue weighted by atomic mass is 10.2. The summed E-state index contributed by atoms with van der Waals surface area (Å²) < 4.78 is 0. The van der Waals surface area contributed by atoms with Gasteiger partial charge in [0.1, 0.15) is 6.29 Å². The first kappa shape index (κ1) is 7.09. The summed E-state index contributed by atoms with van der Waals surface area (Å²) in [6, 6.07) is 4.72. The number of hydrogen-bond acceptors (Lipinski definition) is 2. The average molecular weight is 156 g/mol. The van der Waals surface area contributed by atoms with Gasteiger partial charge in [-0.05, 0) is 18.2 Å². The fourth-order valence-electron chi connectivity index (χ4n) is 0.704. The van der Waals surface area contributed by atoms with Crippen molar-refractivity contribution >= 4 is 23.6 Å². The highest BCUT2D eigenvalue weighted by molar-refractivity contribution is 6.31. The fourth-order valence-corrected chi connectivity index (χ4v) is 0.956. The van der Waals surface area contributed by atoms with Crippen LogP contribution in [0.4, 0.5) is 5.69 Å². The van der Waals surface area contributed by atoms with E-state index in [1.54, 1.807) is 18.2 Å². The zero-order valence-electron chi connectivity index (χ0n) is 5.17. The smallest absolute Gasteiger partial charge is 0.150 e. The molecule has 0 aliphatic carbocycles. The van der Waals surface area contributed by atoms with Crippen molar-refractivity contribution in [1.82, 2.24) is 0 Å². The largest absolute Gasteiger partial charge is 0.399 e. The number of rotatable bonds is 1. The van der Waals surface area contributed by atoms with Crippen molar-refractivity contribution in [3.05, 3.63) is 28.8 Å². The van der Waals surface area contributed by atoms with E-state index in [2.05, 4.69) is 0 Å². The van der Waals surface area contributed by atoms with Crippen LogP contribution in [-0.2, 0) is 0 Å². The molecular formula is C7H6ClNO. The lowest BCUT2D eigenvalue weighted by molar-refractivity contribution is 0.112. The summed E-state index contributed by atoms with van der Waals surface area (Å²) in [4.78, 5) is 10.2. The quantitative estimate of drug-likeness (QED) is 0.496. The fraction of sp³-hybridized carbons (Fsp3) is 0. The van der Waals surface area contributed by atoms with Crippen LogP contribution in [0.15, 0.2) is 18.2 Å². The molecule has 0 saturated heterocycles. The Bertz CT molecular complexity index is 240. The molecule has 0 heterocycles. The number of hydrogen-bond donors (Lipinski definition) is 1. The van der Waals surface area contributed by atoms with Gasteiger partial charge < -0.3 is 5.73 Å². The molecule has 3 heteroatoms. The van der Waals surface area contributed by atoms with Crippen molar-refractivity contribution in [2.24, 2.45) is 0 Å². The molecule has 0 unspecified atom stereocenters. The van der Waals surface area contributed by atoms with Crippen LogP contribution in [-0.4, -0.2) is 6.29 Å². The third kappa shape index (κ3) is 1.48. The van der Waals surface area contributed by atoms with Crippen LogP contribution in [0.25, 0.3) is 0 Å². The second kappa shape index (κ2) is 2.71. The van der Waals surface area contributed by atoms with Crippen LogP contribution >= 0.6 is 11.6 Å². The highest BCUT2D eigenvalue weighted by atomic mass is 35.5. The molecule has 1 aromatic carbocycles. The van der Waals surface area contributed by atoms with Gasteiger partial charge in [-0.25, -0.2) is 0 Å². The monoisotopic (exact) mass is 155 g/mol. The Morgan fingerprint density at radius 1 is 1.40 bits per heavy atom. The second-order valence-corrected chi connectivity index (χ2v) is 2.37. The van der Waals surface area contributed by atoms with Gasteiger partial charge in [0, 0.05) is 16.3 Å². The van der Waals surface area contributed by atoms with Gasteiger partial charge in [0.2, 0.25) is 0 Å². The maximum Gasteiger partial charge on any atom is 0.150 e. The summed E-state index contributed by atoms with van der Waals surface area (Å²) in [5, 5.41) is 0.488. The summed E-state index contributed by atoms with van der Waals surface area (Å²) in [5.41, 5.74) is 6.41. The van der Waals surface area contributed by atoms with Gasteiger partial charge >= 0.3 is 0 Å². The molecule has 10 heavy (non-hydrogen) atoms. The van der Waals surface area contributed by atoms with E-state index in [1.165, 1.54) is 0 Å². The van der Waals surface area contributed by atoms with E-state index < -0.39 is 0 Å². The lowest BCUT2D eigenvalue weighted by Crippen LogP contribution is -1.87. The molecule has 0 bridgehead atoms. The number of nitrogens with two attached hydrogens (primary N) is 1. The Labute approximate surface area is 63.6 Å². The maximum absolute atomic E-state index is 10.2. The molecule has 0 aliphatic heterocycles. The number of carbonyl (C=O) groups is 1. The number of anilines is 1. The number of nitrogen functional groups attached to an aromatic ring is 1. The highest BCUT2D eigenvalue weighted by Gasteiger charge is 1.93. The van der Waals surface area contributed by atoms with Crippen molar-refractivity contribution in [2.45, 2.75) is 0 Å². The summed E-state index contributed by atoms with van der Waals surface area (Å²) in [6.07, 6.45) is 0.711. The third-order valence-corrected chi connectivity index (χ3v) is 1.30. The highest BCUT2D eigenvalue weighted by Crippen LogP contribution is 2.14. The molecule has 2 N–H and O–H groups in total. The molecule has 0 aromatic heterocycles. The van der Waals surface area contributed by atoms with E-state index in [-0.39, 0.29) is 0 Å². The molecule has 52 valence electrons. The minimum absolute atomic E-state index is 0.488. The molecule has 0 atom stereocenters. The minimum Gasteiger partial charge on any atom is -0.399 e. The van der Waals surface area contributed by atoms with Gasteiger partial charge in [0.05, 0.1) is 0 Å². The lowest BCUT2D eigenvalue weighted by Gasteiger charge is -1.94. The van der Waals surface area contributed by atoms with Crippen molar-refractivity contribution < 1.29 is 4.79 Å². The summed E-state index contributed by atoms with van der Waals surface area (Å²) in [6.45, 7) is 0. The number of aldehydes is 1. The Kier molecular flexibility index (Phi) is 1.92. The number of carbonyl (C=O) groups excluding carboxylic acids is 1. The van der Waals surface area contributed by atoms with E-state index >= 15 is 0 Å². The normalized spacial score (nSPS) is 9.30. The number of halogens is 1. The van der Waals surface area contributed by atoms with Crippen LogP contribution in [0.2, 0.25) is 5.02 Å². The number of benzene rings is 1. The zero-order valence-corrected chi connectivity index (χ0v) is 5.93. The van der Waals surface area contributed by atoms with E-state index in [9.17, 15) is 4.79 Å². The summed E-state index contributed by atoms with van der Waals surface area (Å²) >= 11 is 5.59. The topological polar surface area (TPSA) is 43.1 Å². The first-order chi connectivity index (χ1) is 4.72. The van der Waals surface area contributed by atoms with Gasteiger partial charge in [0.25, 0.3) is 0 Å². The Morgan fingerprint density at radius 3 is 2.60 bits per heavy atom. The van der Waals surface area contributed by atoms with Crippen molar-refractivity contribution in [3.63, 3.8) is 0 Å². The molecular weight excluding hydrogens is 150 g/mol. The van der Waals surface area contributed by atoms with Gasteiger partial charge in [0.15, 0.2) is 0 Å². The molecule has 0 amide bonds. The second-order valence-electron chi connectivity index (χ2n) is 1.94. The molecule has 0 saturated carbocycles. The Balaban J connectivity index is 3.18. The first-order valence-electron chi connectivity index (χ1n) is 2.73. The molecule has 1 aromatic rings. The summed E-state index contributed by atoms with van der Waals surface area (Å²) in [7, 11) is 0. The van der Waals surface area contributed by atoms with Crippen LogP contribution in [0.1, 0.15) is 10.4 Å². The third-order valence-electron chi connectivity index (χ3n) is 1.08. The van der Waals surface area contributed by atoms with E-state index in [0.717, 1.165) is 0 Å². The Morgan fingerprint density at radius 2 is 2.10 bits per heavy atom. The standard InChI is InChI=1S/C7H6ClNO/c8-6-1-5(4-10)2-7(9)3-6/h1-4H,9H2. The molecule has 0 radical (unpaired) electrons. The van der Waals surface area contributed by atoms with Crippen LogP contribution in [0.3, 0.4) is 0 Å². The molecule has 1 rings (SSSR count). The maximum atomic E-state index is 10.2. The van der Waals surface area contributed by atoms with Crippen LogP contribution in [0.5, 0.6) is 0 Å². The predicted octanol–water partition coefficient (Wildman–Crippen LogP) is 1.73. The van der Waals surface area contributed by atoms with E-state index in [4.69, 9.17) is 17.3 Å². The average Bonchev–Trinajstić information content (AvgIpc) is 1.85. The molecule has 2 nitrogen and oxygen atoms in total. The van der Waals surface area contributed by atoms with Gasteiger partial charge in [-0.2, -0.15) is 0 Å². The van der Waals surface area contributed by atoms with Crippen molar-refractivity contribution in [3.8, 4) is 0 Å². The van der Waals surface area contributed by atoms with E-state index in [0.29, 0.717) is 22.6 Å². The van der Waals surface area contributed by atoms with Crippen LogP contribution < -0.4 is 5.73 Å². The Hall–Kier alpha value is -1.02. The van der Waals surface area contributed by atoms with Gasteiger partial charge in [-0.15, -0.1) is 0 Å². The minimum atomic E-state index is 0.488. The van der Waals surface area contributed by atoms with Crippen molar-refractivity contribution in [2.75, 3.05) is 5.73 Å². The molecule has 0 aliphatic rings. The van der Waals surface area contributed by atoms with E-state index in [1.807, 2.05) is 0 Å².